The van der Waals surface area contributed by atoms with Gasteiger partial charge in [-0.1, -0.05) is 32.9 Å². The first-order valence-electron chi connectivity index (χ1n) is 12.2. The molecule has 3 heterocycles. The van der Waals surface area contributed by atoms with E-state index in [-0.39, 0.29) is 35.4 Å². The number of ether oxygens (including phenoxy) is 2. The highest BCUT2D eigenvalue weighted by molar-refractivity contribution is 5.93. The minimum atomic E-state index is -0.249. The lowest BCUT2D eigenvalue weighted by molar-refractivity contribution is -0.116. The molecule has 0 unspecified atom stereocenters. The molecule has 2 aromatic carbocycles. The first kappa shape index (κ1) is 22.4. The maximum absolute atomic E-state index is 12.6. The molecular weight excluding hydrogens is 456 g/mol. The lowest BCUT2D eigenvalue weighted by Gasteiger charge is -2.19. The molecule has 0 saturated heterocycles. The molecule has 3 N–H and O–H groups in total. The maximum Gasteiger partial charge on any atom is 0.319 e. The maximum atomic E-state index is 12.6. The summed E-state index contributed by atoms with van der Waals surface area (Å²) in [6.07, 6.45) is 2.55. The molecule has 8 heteroatoms. The summed E-state index contributed by atoms with van der Waals surface area (Å²) in [6.45, 7) is 6.48. The number of pyridine rings is 1. The molecule has 3 amide bonds. The Hall–Kier alpha value is -4.07. The van der Waals surface area contributed by atoms with Gasteiger partial charge in [-0.3, -0.25) is 4.79 Å². The number of anilines is 2. The van der Waals surface area contributed by atoms with E-state index in [0.29, 0.717) is 30.2 Å². The lowest BCUT2D eigenvalue weighted by atomic mass is 9.87. The Morgan fingerprint density at radius 1 is 1.11 bits per heavy atom. The van der Waals surface area contributed by atoms with Crippen molar-refractivity contribution in [2.24, 2.45) is 0 Å². The number of carbonyl (C=O) groups excluding carboxylic acids is 2. The summed E-state index contributed by atoms with van der Waals surface area (Å²) in [7, 11) is 0. The van der Waals surface area contributed by atoms with Crippen LogP contribution in [0.5, 0.6) is 17.2 Å². The van der Waals surface area contributed by atoms with E-state index in [1.807, 2.05) is 48.5 Å². The van der Waals surface area contributed by atoms with Crippen LogP contribution < -0.4 is 25.4 Å². The van der Waals surface area contributed by atoms with Gasteiger partial charge in [0, 0.05) is 29.4 Å². The van der Waals surface area contributed by atoms with E-state index in [1.165, 1.54) is 5.56 Å². The molecule has 184 valence electrons. The van der Waals surface area contributed by atoms with Gasteiger partial charge in [-0.2, -0.15) is 0 Å². The van der Waals surface area contributed by atoms with Crippen LogP contribution in [-0.2, 0) is 16.6 Å². The zero-order valence-electron chi connectivity index (χ0n) is 20.4. The molecule has 1 fully saturated rings. The summed E-state index contributed by atoms with van der Waals surface area (Å²) in [5.41, 5.74) is 3.94. The molecule has 1 aliphatic carbocycles. The van der Waals surface area contributed by atoms with Crippen molar-refractivity contribution < 1.29 is 19.1 Å². The standard InChI is InChI=1S/C28H28N4O4/c1-28(2,3)15-4-6-16(7-5-15)30-27(34)32-24-23-19-14-17(8-10-20(19)36-25(23)24)35-21-12-13-29-26-18(21)9-11-22(33)31-26/h4-8,10,12-14,23-25H,9,11H2,1-3H3,(H,29,31,33)(H2,30,32,34)/t23-,24+,25-/m0/s1. The minimum Gasteiger partial charge on any atom is -0.487 e. The fourth-order valence-electron chi connectivity index (χ4n) is 4.93. The third-order valence-electron chi connectivity index (χ3n) is 6.96. The van der Waals surface area contributed by atoms with Crippen LogP contribution in [0.25, 0.3) is 0 Å². The van der Waals surface area contributed by atoms with Crippen molar-refractivity contribution in [3.8, 4) is 17.2 Å². The van der Waals surface area contributed by atoms with Crippen molar-refractivity contribution in [1.29, 1.82) is 0 Å². The first-order chi connectivity index (χ1) is 17.3. The molecule has 0 radical (unpaired) electrons. The average molecular weight is 485 g/mol. The highest BCUT2D eigenvalue weighted by Gasteiger charge is 2.59. The summed E-state index contributed by atoms with van der Waals surface area (Å²) >= 11 is 0. The average Bonchev–Trinajstić information content (AvgIpc) is 3.34. The monoisotopic (exact) mass is 484 g/mol. The number of hydrogen-bond donors (Lipinski definition) is 3. The van der Waals surface area contributed by atoms with Crippen molar-refractivity contribution in [3.05, 3.63) is 71.4 Å². The van der Waals surface area contributed by atoms with Crippen molar-refractivity contribution >= 4 is 23.4 Å². The van der Waals surface area contributed by atoms with Crippen LogP contribution in [0.3, 0.4) is 0 Å². The van der Waals surface area contributed by atoms with Gasteiger partial charge in [-0.05, 0) is 53.8 Å². The van der Waals surface area contributed by atoms with E-state index in [0.717, 1.165) is 22.6 Å². The van der Waals surface area contributed by atoms with Crippen molar-refractivity contribution in [2.75, 3.05) is 10.6 Å². The number of hydrogen-bond acceptors (Lipinski definition) is 5. The van der Waals surface area contributed by atoms with E-state index < -0.39 is 0 Å². The predicted molar refractivity (Wildman–Crippen MR) is 136 cm³/mol. The van der Waals surface area contributed by atoms with Crippen LogP contribution in [0, 0.1) is 0 Å². The number of amides is 3. The zero-order valence-corrected chi connectivity index (χ0v) is 20.4. The number of urea groups is 1. The summed E-state index contributed by atoms with van der Waals surface area (Å²) in [6, 6.07) is 15.1. The molecule has 1 aromatic heterocycles. The van der Waals surface area contributed by atoms with Crippen LogP contribution in [0.1, 0.15) is 49.8 Å². The molecule has 36 heavy (non-hydrogen) atoms. The van der Waals surface area contributed by atoms with E-state index in [9.17, 15) is 9.59 Å². The number of rotatable bonds is 4. The van der Waals surface area contributed by atoms with Gasteiger partial charge in [0.2, 0.25) is 5.91 Å². The molecule has 3 aliphatic rings. The molecule has 8 nitrogen and oxygen atoms in total. The Morgan fingerprint density at radius 3 is 2.69 bits per heavy atom. The van der Waals surface area contributed by atoms with Crippen LogP contribution in [-0.4, -0.2) is 29.1 Å². The SMILES string of the molecule is CC(C)(C)c1ccc(NC(=O)N[C@H]2[C@H]3Oc4ccc(Oc5ccnc6c5CCC(=O)N6)cc4[C@@H]23)cc1. The van der Waals surface area contributed by atoms with Crippen LogP contribution in [0.4, 0.5) is 16.3 Å². The number of nitrogens with zero attached hydrogens (tertiary/aromatic N) is 1. The van der Waals surface area contributed by atoms with Crippen molar-refractivity contribution in [1.82, 2.24) is 10.3 Å². The Bertz CT molecular complexity index is 1360. The van der Waals surface area contributed by atoms with Gasteiger partial charge < -0.3 is 25.4 Å². The van der Waals surface area contributed by atoms with E-state index in [1.54, 1.807) is 6.20 Å². The van der Waals surface area contributed by atoms with Gasteiger partial charge in [-0.25, -0.2) is 9.78 Å². The van der Waals surface area contributed by atoms with Crippen molar-refractivity contribution in [3.63, 3.8) is 0 Å². The summed E-state index contributed by atoms with van der Waals surface area (Å²) in [4.78, 5) is 28.6. The largest absolute Gasteiger partial charge is 0.487 e. The molecule has 3 atom stereocenters. The van der Waals surface area contributed by atoms with Gasteiger partial charge in [0.05, 0.1) is 12.0 Å². The summed E-state index contributed by atoms with van der Waals surface area (Å²) in [5.74, 6) is 2.78. The number of fused-ring (bicyclic) bond motifs is 4. The van der Waals surface area contributed by atoms with Crippen LogP contribution in [0.15, 0.2) is 54.7 Å². The van der Waals surface area contributed by atoms with Gasteiger partial charge in [0.1, 0.15) is 29.2 Å². The van der Waals surface area contributed by atoms with Crippen LogP contribution >= 0.6 is 0 Å². The Balaban J connectivity index is 1.11. The molecule has 0 spiro atoms. The molecule has 0 bridgehead atoms. The zero-order chi connectivity index (χ0) is 25.0. The van der Waals surface area contributed by atoms with Gasteiger partial charge in [0.25, 0.3) is 0 Å². The molecule has 1 saturated carbocycles. The second-order valence-corrected chi connectivity index (χ2v) is 10.5. The summed E-state index contributed by atoms with van der Waals surface area (Å²) < 4.78 is 12.2. The third kappa shape index (κ3) is 4.12. The number of benzene rings is 2. The Morgan fingerprint density at radius 2 is 1.92 bits per heavy atom. The van der Waals surface area contributed by atoms with E-state index in [4.69, 9.17) is 9.47 Å². The van der Waals surface area contributed by atoms with Gasteiger partial charge in [0.15, 0.2) is 0 Å². The minimum absolute atomic E-state index is 0.0360. The second kappa shape index (κ2) is 8.26. The molecule has 2 aliphatic heterocycles. The summed E-state index contributed by atoms with van der Waals surface area (Å²) in [5, 5.41) is 8.75. The van der Waals surface area contributed by atoms with Gasteiger partial charge in [-0.15, -0.1) is 0 Å². The Labute approximate surface area is 209 Å². The topological polar surface area (TPSA) is 102 Å². The van der Waals surface area contributed by atoms with Crippen molar-refractivity contribution in [2.45, 2.75) is 57.1 Å². The second-order valence-electron chi connectivity index (χ2n) is 10.5. The smallest absolute Gasteiger partial charge is 0.319 e. The normalized spacial score (nSPS) is 21.3. The van der Waals surface area contributed by atoms with E-state index in [2.05, 4.69) is 41.7 Å². The number of nitrogens with one attached hydrogen (secondary N) is 3. The quantitative estimate of drug-likeness (QED) is 0.478. The predicted octanol–water partition coefficient (Wildman–Crippen LogP) is 5.10. The number of aromatic nitrogens is 1. The third-order valence-corrected chi connectivity index (χ3v) is 6.96. The van der Waals surface area contributed by atoms with Gasteiger partial charge >= 0.3 is 6.03 Å². The molecule has 6 rings (SSSR count). The van der Waals surface area contributed by atoms with Crippen LogP contribution in [0.2, 0.25) is 0 Å². The highest BCUT2D eigenvalue weighted by Crippen LogP contribution is 2.54. The Kier molecular flexibility index (Phi) is 5.14. The lowest BCUT2D eigenvalue weighted by Crippen LogP contribution is -2.34. The fourth-order valence-corrected chi connectivity index (χ4v) is 4.93. The molecular formula is C28H28N4O4. The fraction of sp³-hybridized carbons (Fsp3) is 0.321. The highest BCUT2D eigenvalue weighted by atomic mass is 16.5. The molecule has 3 aromatic rings. The first-order valence-corrected chi connectivity index (χ1v) is 12.2. The van der Waals surface area contributed by atoms with E-state index >= 15 is 0 Å². The number of carbonyl (C=O) groups is 2.